The van der Waals surface area contributed by atoms with Crippen LogP contribution in [-0.2, 0) is 10.8 Å². The number of pyridine rings is 1. The van der Waals surface area contributed by atoms with Crippen LogP contribution in [0, 0.1) is 16.7 Å². The zero-order chi connectivity index (χ0) is 24.6. The van der Waals surface area contributed by atoms with Crippen molar-refractivity contribution in [1.82, 2.24) is 10.3 Å². The molecule has 2 aromatic rings. The summed E-state index contributed by atoms with van der Waals surface area (Å²) in [5, 5.41) is 13.7. The maximum Gasteiger partial charge on any atom is 0.104 e. The smallest absolute Gasteiger partial charge is 0.104 e. The highest BCUT2D eigenvalue weighted by Gasteiger charge is 2.24. The first-order valence-corrected chi connectivity index (χ1v) is 11.6. The quantitative estimate of drug-likeness (QED) is 0.492. The predicted octanol–water partition coefficient (Wildman–Crippen LogP) is 7.53. The molecule has 0 unspecified atom stereocenters. The molecule has 0 bridgehead atoms. The van der Waals surface area contributed by atoms with E-state index < -0.39 is 0 Å². The van der Waals surface area contributed by atoms with Crippen LogP contribution in [0.2, 0.25) is 0 Å². The summed E-state index contributed by atoms with van der Waals surface area (Å²) >= 11 is 0. The summed E-state index contributed by atoms with van der Waals surface area (Å²) in [4.78, 5) is 4.56. The van der Waals surface area contributed by atoms with Gasteiger partial charge < -0.3 is 5.32 Å². The average Bonchev–Trinajstić information content (AvgIpc) is 2.73. The van der Waals surface area contributed by atoms with E-state index in [1.54, 1.807) is 6.20 Å². The Morgan fingerprint density at radius 3 is 2.03 bits per heavy atom. The molecule has 1 aliphatic heterocycles. The van der Waals surface area contributed by atoms with E-state index in [1.807, 2.05) is 12.1 Å². The Labute approximate surface area is 200 Å². The number of nitrogens with zero attached hydrogens (tertiary/aromatic N) is 2. The minimum absolute atomic E-state index is 0.0201. The molecule has 0 atom stereocenters. The van der Waals surface area contributed by atoms with Crippen LogP contribution >= 0.6 is 0 Å². The van der Waals surface area contributed by atoms with Crippen LogP contribution in [0.5, 0.6) is 0 Å². The van der Waals surface area contributed by atoms with Gasteiger partial charge in [-0.3, -0.25) is 4.98 Å². The third-order valence-corrected chi connectivity index (χ3v) is 6.04. The predicted molar refractivity (Wildman–Crippen MR) is 139 cm³/mol. The van der Waals surface area contributed by atoms with Crippen molar-refractivity contribution in [3.05, 3.63) is 88.4 Å². The van der Waals surface area contributed by atoms with E-state index in [2.05, 4.69) is 115 Å². The van der Waals surface area contributed by atoms with Gasteiger partial charge in [-0.15, -0.1) is 0 Å². The number of nitrogens with one attached hydrogen (secondary N) is 1. The summed E-state index contributed by atoms with van der Waals surface area (Å²) in [7, 11) is 0. The van der Waals surface area contributed by atoms with Crippen molar-refractivity contribution in [2.45, 2.75) is 73.1 Å². The van der Waals surface area contributed by atoms with Gasteiger partial charge in [0.1, 0.15) is 11.6 Å². The number of allylic oxidation sites excluding steroid dienone is 4. The van der Waals surface area contributed by atoms with Gasteiger partial charge in [-0.1, -0.05) is 80.5 Å². The second-order valence-corrected chi connectivity index (χ2v) is 11.9. The van der Waals surface area contributed by atoms with E-state index in [4.69, 9.17) is 0 Å². The van der Waals surface area contributed by atoms with Gasteiger partial charge >= 0.3 is 0 Å². The van der Waals surface area contributed by atoms with Crippen molar-refractivity contribution >= 4 is 11.3 Å². The normalized spacial score (nSPS) is 16.4. The molecule has 1 aliphatic rings. The lowest BCUT2D eigenvalue weighted by Crippen LogP contribution is -2.21. The molecule has 33 heavy (non-hydrogen) atoms. The van der Waals surface area contributed by atoms with Crippen molar-refractivity contribution in [2.75, 3.05) is 0 Å². The highest BCUT2D eigenvalue weighted by Crippen LogP contribution is 2.36. The number of benzene rings is 1. The largest absolute Gasteiger partial charge is 0.354 e. The highest BCUT2D eigenvalue weighted by atomic mass is 14.9. The number of nitriles is 1. The highest BCUT2D eigenvalue weighted by molar-refractivity contribution is 5.84. The number of hydrogen-bond donors (Lipinski definition) is 1. The minimum Gasteiger partial charge on any atom is -0.354 e. The first-order chi connectivity index (χ1) is 15.2. The van der Waals surface area contributed by atoms with Gasteiger partial charge in [0, 0.05) is 11.9 Å². The Morgan fingerprint density at radius 2 is 1.45 bits per heavy atom. The van der Waals surface area contributed by atoms with Gasteiger partial charge in [0.05, 0.1) is 11.4 Å². The lowest BCUT2D eigenvalue weighted by molar-refractivity contribution is 0.515. The molecule has 0 fully saturated rings. The van der Waals surface area contributed by atoms with Crippen LogP contribution in [0.4, 0.5) is 0 Å². The third kappa shape index (κ3) is 5.63. The Hall–Kier alpha value is -3.12. The molecule has 2 heterocycles. The van der Waals surface area contributed by atoms with Gasteiger partial charge in [-0.05, 0) is 68.9 Å². The van der Waals surface area contributed by atoms with Crippen LogP contribution in [0.25, 0.3) is 11.3 Å². The molecule has 3 nitrogen and oxygen atoms in total. The molecule has 0 amide bonds. The molecule has 172 valence electrons. The van der Waals surface area contributed by atoms with Crippen LogP contribution < -0.4 is 5.32 Å². The van der Waals surface area contributed by atoms with E-state index >= 15 is 0 Å². The van der Waals surface area contributed by atoms with E-state index in [-0.39, 0.29) is 16.2 Å². The maximum absolute atomic E-state index is 10.2. The molecule has 0 saturated heterocycles. The number of aromatic nitrogens is 1. The Morgan fingerprint density at radius 1 is 0.818 bits per heavy atom. The molecule has 0 aliphatic carbocycles. The molecule has 3 rings (SSSR count). The first kappa shape index (κ1) is 24.5. The van der Waals surface area contributed by atoms with Crippen molar-refractivity contribution in [3.63, 3.8) is 0 Å². The fourth-order valence-electron chi connectivity index (χ4n) is 3.74. The van der Waals surface area contributed by atoms with E-state index in [0.29, 0.717) is 11.3 Å². The molecular weight excluding hydrogens is 402 g/mol. The van der Waals surface area contributed by atoms with Crippen molar-refractivity contribution in [2.24, 2.45) is 5.41 Å². The van der Waals surface area contributed by atoms with Crippen LogP contribution in [-0.4, -0.2) is 4.98 Å². The lowest BCUT2D eigenvalue weighted by Gasteiger charge is -2.28. The fourth-order valence-corrected chi connectivity index (χ4v) is 3.74. The van der Waals surface area contributed by atoms with Gasteiger partial charge in [0.25, 0.3) is 0 Å². The third-order valence-electron chi connectivity index (χ3n) is 6.04. The molecule has 0 radical (unpaired) electrons. The summed E-state index contributed by atoms with van der Waals surface area (Å²) in [6.45, 7) is 19.8. The summed E-state index contributed by atoms with van der Waals surface area (Å²) in [5.41, 5.74) is 7.74. The molecule has 1 aromatic carbocycles. The summed E-state index contributed by atoms with van der Waals surface area (Å²) < 4.78 is 0. The van der Waals surface area contributed by atoms with E-state index in [0.717, 1.165) is 22.5 Å². The van der Waals surface area contributed by atoms with Gasteiger partial charge in [0.2, 0.25) is 0 Å². The summed E-state index contributed by atoms with van der Waals surface area (Å²) in [6, 6.07) is 15.1. The van der Waals surface area contributed by atoms with Crippen LogP contribution in [0.3, 0.4) is 0 Å². The second-order valence-electron chi connectivity index (χ2n) is 11.9. The van der Waals surface area contributed by atoms with Crippen molar-refractivity contribution < 1.29 is 0 Å². The zero-order valence-corrected chi connectivity index (χ0v) is 21.6. The molecule has 0 spiro atoms. The molecule has 3 heteroatoms. The van der Waals surface area contributed by atoms with Crippen molar-refractivity contribution in [3.8, 4) is 6.07 Å². The van der Waals surface area contributed by atoms with Crippen LogP contribution in [0.15, 0.2) is 66.0 Å². The fraction of sp³-hybridized carbons (Fsp3) is 0.400. The minimum atomic E-state index is -0.0680. The van der Waals surface area contributed by atoms with Gasteiger partial charge in [0.15, 0.2) is 0 Å². The Bertz CT molecular complexity index is 1180. The maximum atomic E-state index is 10.2. The van der Waals surface area contributed by atoms with Gasteiger partial charge in [-0.2, -0.15) is 5.26 Å². The van der Waals surface area contributed by atoms with Crippen molar-refractivity contribution in [1.29, 1.82) is 5.26 Å². The standard InChI is InChI=1S/C30H37N3/c1-28(2,3)21-12-10-11-20(15-21)25-17-23(30(7,8)9)18-27(33-25)24(19-31)26-16-22(13-14-32-26)29(4,5)6/h10-18,33H,1-9H3/b27-24-. The number of rotatable bonds is 2. The topological polar surface area (TPSA) is 48.7 Å². The lowest BCUT2D eigenvalue weighted by atomic mass is 9.82. The van der Waals surface area contributed by atoms with Gasteiger partial charge in [-0.25, -0.2) is 0 Å². The van der Waals surface area contributed by atoms with E-state index in [1.165, 1.54) is 11.1 Å². The molecule has 1 N–H and O–H groups in total. The molecular formula is C30H37N3. The monoisotopic (exact) mass is 439 g/mol. The van der Waals surface area contributed by atoms with Crippen LogP contribution in [0.1, 0.15) is 84.7 Å². The second kappa shape index (κ2) is 8.67. The SMILES string of the molecule is CC(C)(C)C1=C/C(=C(\C#N)c2cc(C(C)(C)C)ccn2)NC(c2cccc(C(C)(C)C)c2)=C1. The van der Waals surface area contributed by atoms with E-state index in [9.17, 15) is 5.26 Å². The summed E-state index contributed by atoms with van der Waals surface area (Å²) in [5.74, 6) is 0. The Balaban J connectivity index is 2.18. The molecule has 0 saturated carbocycles. The number of dihydropyridines is 1. The zero-order valence-electron chi connectivity index (χ0n) is 21.6. The summed E-state index contributed by atoms with van der Waals surface area (Å²) in [6.07, 6.45) is 6.11. The Kier molecular flexibility index (Phi) is 6.44. The average molecular weight is 440 g/mol. The molecule has 1 aromatic heterocycles. The number of hydrogen-bond acceptors (Lipinski definition) is 3. The first-order valence-electron chi connectivity index (χ1n) is 11.6.